The topological polar surface area (TPSA) is 116 Å². The van der Waals surface area contributed by atoms with Crippen molar-refractivity contribution in [1.29, 1.82) is 0 Å². The predicted molar refractivity (Wildman–Crippen MR) is 124 cm³/mol. The van der Waals surface area contributed by atoms with Crippen LogP contribution in [-0.4, -0.2) is 39.4 Å². The predicted octanol–water partition coefficient (Wildman–Crippen LogP) is 4.58. The third kappa shape index (κ3) is 4.83. The van der Waals surface area contributed by atoms with E-state index in [2.05, 4.69) is 12.7 Å². The number of benzene rings is 2. The molecule has 7 nitrogen and oxygen atoms in total. The fourth-order valence-electron chi connectivity index (χ4n) is 3.95. The fourth-order valence-corrected chi connectivity index (χ4v) is 3.95. The van der Waals surface area contributed by atoms with Crippen molar-refractivity contribution in [2.24, 2.45) is 5.92 Å². The summed E-state index contributed by atoms with van der Waals surface area (Å²) < 4.78 is 11.4. The number of carbonyl (C=O) groups is 1. The van der Waals surface area contributed by atoms with E-state index in [4.69, 9.17) is 9.47 Å². The Balaban J connectivity index is 2.14. The van der Waals surface area contributed by atoms with E-state index in [-0.39, 0.29) is 45.8 Å². The zero-order valence-electron chi connectivity index (χ0n) is 19.3. The monoisotopic (exact) mass is 454 g/mol. The lowest BCUT2D eigenvalue weighted by Crippen LogP contribution is -2.37. The third-order valence-electron chi connectivity index (χ3n) is 5.87. The summed E-state index contributed by atoms with van der Waals surface area (Å²) in [5.41, 5.74) is 2.62. The summed E-state index contributed by atoms with van der Waals surface area (Å²) in [7, 11) is 1.36. The molecule has 1 heterocycles. The molecule has 4 N–H and O–H groups in total. The van der Waals surface area contributed by atoms with Crippen molar-refractivity contribution in [3.8, 4) is 28.7 Å². The number of aliphatic hydroxyl groups excluding tert-OH is 1. The first-order valence-electron chi connectivity index (χ1n) is 10.7. The van der Waals surface area contributed by atoms with Gasteiger partial charge in [-0.3, -0.25) is 4.79 Å². The molecule has 0 aliphatic carbocycles. The molecule has 2 aromatic rings. The first kappa shape index (κ1) is 24.2. The van der Waals surface area contributed by atoms with Crippen molar-refractivity contribution < 1.29 is 34.7 Å². The maximum absolute atomic E-state index is 13.2. The van der Waals surface area contributed by atoms with Gasteiger partial charge in [0.1, 0.15) is 34.3 Å². The molecular formula is C26H30O7. The van der Waals surface area contributed by atoms with Gasteiger partial charge in [0, 0.05) is 23.3 Å². The van der Waals surface area contributed by atoms with Crippen molar-refractivity contribution in [3.05, 3.63) is 64.8 Å². The molecule has 0 bridgehead atoms. The number of ketones is 1. The number of aliphatic hydroxyl groups is 1. The molecule has 176 valence electrons. The van der Waals surface area contributed by atoms with Gasteiger partial charge >= 0.3 is 0 Å². The summed E-state index contributed by atoms with van der Waals surface area (Å²) in [5.74, 6) is -1.10. The summed E-state index contributed by atoms with van der Waals surface area (Å²) in [6.07, 6.45) is 0.254. The minimum Gasteiger partial charge on any atom is -0.508 e. The lowest BCUT2D eigenvalue weighted by atomic mass is 9.85. The van der Waals surface area contributed by atoms with Crippen LogP contribution >= 0.6 is 0 Å². The Bertz CT molecular complexity index is 1110. The van der Waals surface area contributed by atoms with Gasteiger partial charge in [0.05, 0.1) is 7.11 Å². The minimum absolute atomic E-state index is 0.0330. The lowest BCUT2D eigenvalue weighted by molar-refractivity contribution is 0.0197. The number of ether oxygens (including phenoxy) is 2. The zero-order valence-corrected chi connectivity index (χ0v) is 19.3. The van der Waals surface area contributed by atoms with Gasteiger partial charge in [-0.25, -0.2) is 0 Å². The summed E-state index contributed by atoms with van der Waals surface area (Å²) >= 11 is 0. The van der Waals surface area contributed by atoms with Crippen LogP contribution in [0.1, 0.15) is 54.8 Å². The first-order valence-corrected chi connectivity index (χ1v) is 10.7. The van der Waals surface area contributed by atoms with E-state index in [0.717, 1.165) is 17.2 Å². The van der Waals surface area contributed by atoms with E-state index in [1.165, 1.54) is 25.3 Å². The van der Waals surface area contributed by atoms with Crippen LogP contribution in [0.2, 0.25) is 0 Å². The molecule has 0 aromatic heterocycles. The second-order valence-corrected chi connectivity index (χ2v) is 8.64. The van der Waals surface area contributed by atoms with Crippen LogP contribution in [0, 0.1) is 5.92 Å². The van der Waals surface area contributed by atoms with E-state index in [1.807, 2.05) is 20.8 Å². The smallest absolute Gasteiger partial charge is 0.202 e. The van der Waals surface area contributed by atoms with Gasteiger partial charge in [0.15, 0.2) is 12.2 Å². The van der Waals surface area contributed by atoms with Crippen molar-refractivity contribution in [1.82, 2.24) is 0 Å². The van der Waals surface area contributed by atoms with E-state index in [1.54, 1.807) is 0 Å². The second kappa shape index (κ2) is 9.58. The van der Waals surface area contributed by atoms with Gasteiger partial charge in [-0.05, 0) is 51.7 Å². The number of methoxy groups -OCH3 is 1. The molecular weight excluding hydrogens is 424 g/mol. The van der Waals surface area contributed by atoms with E-state index in [0.29, 0.717) is 18.4 Å². The van der Waals surface area contributed by atoms with Crippen molar-refractivity contribution >= 4 is 5.78 Å². The summed E-state index contributed by atoms with van der Waals surface area (Å²) in [6.45, 7) is 9.98. The Morgan fingerprint density at radius 1 is 1.18 bits per heavy atom. The van der Waals surface area contributed by atoms with Crippen molar-refractivity contribution in [3.63, 3.8) is 0 Å². The van der Waals surface area contributed by atoms with Crippen LogP contribution in [0.5, 0.6) is 28.7 Å². The van der Waals surface area contributed by atoms with Gasteiger partial charge in [-0.1, -0.05) is 23.8 Å². The number of fused-ring (bicyclic) bond motifs is 1. The summed E-state index contributed by atoms with van der Waals surface area (Å²) in [6, 6.07) is 5.15. The van der Waals surface area contributed by atoms with Gasteiger partial charge in [-0.2, -0.15) is 0 Å². The highest BCUT2D eigenvalue weighted by molar-refractivity contribution is 6.06. The van der Waals surface area contributed by atoms with Gasteiger partial charge in [0.2, 0.25) is 5.78 Å². The fraction of sp³-hybridized carbons (Fsp3) is 0.346. The highest BCUT2D eigenvalue weighted by Crippen LogP contribution is 2.48. The molecule has 0 radical (unpaired) electrons. The number of allylic oxidation sites excluding steroid dienone is 3. The third-order valence-corrected chi connectivity index (χ3v) is 5.87. The van der Waals surface area contributed by atoms with Crippen LogP contribution in [0.15, 0.2) is 48.1 Å². The van der Waals surface area contributed by atoms with Crippen LogP contribution < -0.4 is 9.47 Å². The molecule has 3 atom stereocenters. The quantitative estimate of drug-likeness (QED) is 0.453. The molecule has 0 spiro atoms. The van der Waals surface area contributed by atoms with Crippen LogP contribution in [0.3, 0.4) is 0 Å². The number of phenolic OH excluding ortho intramolecular Hbond substituents is 3. The first-order chi connectivity index (χ1) is 15.5. The second-order valence-electron chi connectivity index (χ2n) is 8.64. The molecule has 7 heteroatoms. The van der Waals surface area contributed by atoms with E-state index < -0.39 is 18.0 Å². The SMILES string of the molecule is C=C(C)[C@H](CC=C(C)C)Cc1c(O)cc(OC)c2c1O[C@H](c1ccc(O)cc1O)[C@@H](O)C2=O. The molecule has 0 saturated heterocycles. The average Bonchev–Trinajstić information content (AvgIpc) is 2.74. The normalized spacial score (nSPS) is 18.2. The summed E-state index contributed by atoms with van der Waals surface area (Å²) in [5, 5.41) is 41.5. The highest BCUT2D eigenvalue weighted by Gasteiger charge is 2.42. The largest absolute Gasteiger partial charge is 0.508 e. The van der Waals surface area contributed by atoms with Crippen LogP contribution in [0.4, 0.5) is 0 Å². The number of aromatic hydroxyl groups is 3. The molecule has 1 aliphatic heterocycles. The molecule has 0 fully saturated rings. The maximum Gasteiger partial charge on any atom is 0.202 e. The number of phenols is 3. The average molecular weight is 455 g/mol. The van der Waals surface area contributed by atoms with Crippen molar-refractivity contribution in [2.45, 2.75) is 45.8 Å². The number of hydrogen-bond acceptors (Lipinski definition) is 7. The number of Topliss-reactive ketones (excluding diaryl/α,β-unsaturated/α-hetero) is 1. The Kier molecular flexibility index (Phi) is 7.03. The standard InChI is InChI=1S/C26H30O7/c1-13(2)6-7-15(14(3)4)10-18-20(29)12-21(32-5)22-23(30)24(31)26(33-25(18)22)17-9-8-16(27)11-19(17)28/h6,8-9,11-12,15,24,26-29,31H,3,7,10H2,1-2,4-5H3/t15-,24+,26-/m1/s1. The molecule has 0 saturated carbocycles. The Labute approximate surface area is 193 Å². The Morgan fingerprint density at radius 3 is 2.45 bits per heavy atom. The lowest BCUT2D eigenvalue weighted by Gasteiger charge is -2.33. The Morgan fingerprint density at radius 2 is 1.88 bits per heavy atom. The van der Waals surface area contributed by atoms with Gasteiger partial charge < -0.3 is 29.9 Å². The number of hydrogen-bond donors (Lipinski definition) is 4. The van der Waals surface area contributed by atoms with Gasteiger partial charge in [-0.15, -0.1) is 0 Å². The zero-order chi connectivity index (χ0) is 24.4. The molecule has 0 unspecified atom stereocenters. The molecule has 33 heavy (non-hydrogen) atoms. The minimum atomic E-state index is -1.62. The maximum atomic E-state index is 13.2. The van der Waals surface area contributed by atoms with Gasteiger partial charge in [0.25, 0.3) is 0 Å². The Hall–Kier alpha value is -3.45. The summed E-state index contributed by atoms with van der Waals surface area (Å²) in [4.78, 5) is 13.2. The van der Waals surface area contributed by atoms with Crippen molar-refractivity contribution in [2.75, 3.05) is 7.11 Å². The molecule has 3 rings (SSSR count). The van der Waals surface area contributed by atoms with E-state index in [9.17, 15) is 25.2 Å². The molecule has 0 amide bonds. The highest BCUT2D eigenvalue weighted by atomic mass is 16.5. The van der Waals surface area contributed by atoms with Crippen LogP contribution in [-0.2, 0) is 6.42 Å². The van der Waals surface area contributed by atoms with E-state index >= 15 is 0 Å². The number of rotatable bonds is 7. The molecule has 1 aliphatic rings. The number of carbonyl (C=O) groups excluding carboxylic acids is 1. The molecule has 2 aromatic carbocycles. The van der Waals surface area contributed by atoms with Crippen LogP contribution in [0.25, 0.3) is 0 Å².